The van der Waals surface area contributed by atoms with Crippen LogP contribution in [0.25, 0.3) is 0 Å². The first kappa shape index (κ1) is 46.3. The predicted molar refractivity (Wildman–Crippen MR) is 225 cm³/mol. The normalized spacial score (nSPS) is 33.7. The lowest BCUT2D eigenvalue weighted by Gasteiger charge is -2.58. The molecule has 0 radical (unpaired) electrons. The van der Waals surface area contributed by atoms with Crippen molar-refractivity contribution in [1.29, 1.82) is 0 Å². The molecule has 1 saturated heterocycles. The van der Waals surface area contributed by atoms with Gasteiger partial charge < -0.3 is 34.0 Å². The fourth-order valence-corrected chi connectivity index (χ4v) is 12.3. The Hall–Kier alpha value is -1.76. The molecule has 324 valence electrons. The molecule has 12 atom stereocenters. The van der Waals surface area contributed by atoms with Gasteiger partial charge in [0.25, 0.3) is 0 Å². The Labute approximate surface area is 346 Å². The number of fused-ring (bicyclic) bond motifs is 5. The zero-order chi connectivity index (χ0) is 41.0. The number of esters is 1. The van der Waals surface area contributed by atoms with Crippen molar-refractivity contribution in [3.05, 3.63) is 11.6 Å². The Kier molecular flexibility index (Phi) is 18.0. The van der Waals surface area contributed by atoms with Crippen LogP contribution in [0.5, 0.6) is 0 Å². The third-order valence-corrected chi connectivity index (χ3v) is 15.3. The van der Waals surface area contributed by atoms with Crippen LogP contribution < -0.4 is 0 Å². The van der Waals surface area contributed by atoms with E-state index in [1.165, 1.54) is 58.3 Å². The molecule has 2 N–H and O–H groups in total. The second-order valence-corrected chi connectivity index (χ2v) is 19.9. The van der Waals surface area contributed by atoms with E-state index in [2.05, 4.69) is 52.5 Å². The SMILES string of the molecule is CC(=O)CC1C[C@@H](CCCCCCCC#C[C@@H](O)COCCOC[C@@H](O)O[C@H]2CC[C@@]3(C)C(=CC[C@H]4[C@@H]5CC[C@H]([C@H](C)CCCC(C)C)[C@@]5(C)CC[C@@H]43)C2)OC1=O. The van der Waals surface area contributed by atoms with Gasteiger partial charge in [-0.3, -0.25) is 4.79 Å². The number of Topliss-reactive ketones (excluding diaryl/α,β-unsaturated/α-hetero) is 1. The maximum Gasteiger partial charge on any atom is 0.309 e. The van der Waals surface area contributed by atoms with E-state index in [1.54, 1.807) is 5.57 Å². The zero-order valence-corrected chi connectivity index (χ0v) is 36.7. The molecule has 1 aliphatic heterocycles. The van der Waals surface area contributed by atoms with E-state index < -0.39 is 12.4 Å². The maximum absolute atomic E-state index is 11.9. The van der Waals surface area contributed by atoms with E-state index in [9.17, 15) is 19.8 Å². The third kappa shape index (κ3) is 12.9. The van der Waals surface area contributed by atoms with Crippen molar-refractivity contribution in [2.75, 3.05) is 26.4 Å². The molecule has 1 unspecified atom stereocenters. The van der Waals surface area contributed by atoms with Crippen molar-refractivity contribution in [3.8, 4) is 11.8 Å². The molecule has 4 fully saturated rings. The number of ether oxygens (including phenoxy) is 4. The van der Waals surface area contributed by atoms with Gasteiger partial charge in [-0.1, -0.05) is 90.7 Å². The molecule has 0 amide bonds. The summed E-state index contributed by atoms with van der Waals surface area (Å²) in [4.78, 5) is 23.2. The van der Waals surface area contributed by atoms with Crippen LogP contribution in [0.2, 0.25) is 0 Å². The van der Waals surface area contributed by atoms with Gasteiger partial charge in [0.1, 0.15) is 18.0 Å². The van der Waals surface area contributed by atoms with Crippen LogP contribution in [0.1, 0.15) is 170 Å². The van der Waals surface area contributed by atoms with Gasteiger partial charge in [-0.05, 0) is 130 Å². The monoisotopic (exact) mass is 797 g/mol. The van der Waals surface area contributed by atoms with Crippen molar-refractivity contribution in [1.82, 2.24) is 0 Å². The number of ketones is 1. The van der Waals surface area contributed by atoms with Gasteiger partial charge in [-0.25, -0.2) is 0 Å². The first-order chi connectivity index (χ1) is 27.3. The second-order valence-electron chi connectivity index (χ2n) is 19.9. The van der Waals surface area contributed by atoms with Crippen molar-refractivity contribution >= 4 is 11.8 Å². The Bertz CT molecular complexity index is 1360. The van der Waals surface area contributed by atoms with E-state index in [4.69, 9.17) is 18.9 Å². The average Bonchev–Trinajstić information content (AvgIpc) is 3.69. The molecular formula is C49H80O8. The van der Waals surface area contributed by atoms with Crippen LogP contribution in [0, 0.1) is 64.1 Å². The standard InChI is InChI=1S/C49H80O8/c1-34(2)15-14-16-35(3)43-21-22-44-42-20-19-38-31-41(23-25-48(38,5)45(42)24-26-49(43,44)6)56-46(52)33-55-28-27-54-32-39(51)17-12-10-8-7-9-11-13-18-40-30-37(29-36(4)50)47(53)57-40/h19,34-35,37,39-46,51-52H,7-11,13-16,18,20-33H2,1-6H3/t35-,37?,39-,40-,41+,42+,43-,44+,45+,46+,48+,49-/m1/s1. The largest absolute Gasteiger partial charge is 0.462 e. The summed E-state index contributed by atoms with van der Waals surface area (Å²) in [5.41, 5.74) is 2.35. The van der Waals surface area contributed by atoms with Crippen LogP contribution in [0.3, 0.4) is 0 Å². The molecule has 8 nitrogen and oxygen atoms in total. The number of aliphatic hydroxyl groups excluding tert-OH is 2. The highest BCUT2D eigenvalue weighted by molar-refractivity contribution is 5.83. The molecule has 4 aliphatic carbocycles. The molecule has 3 saturated carbocycles. The van der Waals surface area contributed by atoms with E-state index in [1.807, 2.05) is 0 Å². The number of cyclic esters (lactones) is 1. The molecule has 0 bridgehead atoms. The predicted octanol–water partition coefficient (Wildman–Crippen LogP) is 9.77. The summed E-state index contributed by atoms with van der Waals surface area (Å²) in [7, 11) is 0. The fraction of sp³-hybridized carbons (Fsp3) is 0.878. The second kappa shape index (κ2) is 22.2. The third-order valence-electron chi connectivity index (χ3n) is 15.3. The van der Waals surface area contributed by atoms with E-state index >= 15 is 0 Å². The minimum Gasteiger partial charge on any atom is -0.462 e. The number of hydrogen-bond acceptors (Lipinski definition) is 8. The quantitative estimate of drug-likeness (QED) is 0.0346. The smallest absolute Gasteiger partial charge is 0.309 e. The lowest BCUT2D eigenvalue weighted by atomic mass is 9.47. The van der Waals surface area contributed by atoms with Crippen LogP contribution in [0.15, 0.2) is 11.6 Å². The van der Waals surface area contributed by atoms with Gasteiger partial charge in [-0.15, -0.1) is 5.92 Å². The molecule has 5 aliphatic rings. The lowest BCUT2D eigenvalue weighted by Crippen LogP contribution is -2.51. The van der Waals surface area contributed by atoms with Crippen LogP contribution in [0.4, 0.5) is 0 Å². The fourth-order valence-electron chi connectivity index (χ4n) is 12.3. The first-order valence-corrected chi connectivity index (χ1v) is 23.3. The Morgan fingerprint density at radius 3 is 2.46 bits per heavy atom. The highest BCUT2D eigenvalue weighted by Gasteiger charge is 2.59. The summed E-state index contributed by atoms with van der Waals surface area (Å²) in [5, 5.41) is 20.8. The van der Waals surface area contributed by atoms with Crippen molar-refractivity contribution in [2.45, 2.75) is 195 Å². The van der Waals surface area contributed by atoms with Gasteiger partial charge in [0, 0.05) is 12.8 Å². The Balaban J connectivity index is 0.893. The summed E-state index contributed by atoms with van der Waals surface area (Å²) < 4.78 is 22.8. The minimum atomic E-state index is -0.959. The molecule has 1 heterocycles. The van der Waals surface area contributed by atoms with Crippen LogP contribution in [-0.4, -0.2) is 73.0 Å². The summed E-state index contributed by atoms with van der Waals surface area (Å²) in [6, 6.07) is 0. The van der Waals surface area contributed by atoms with Gasteiger partial charge >= 0.3 is 5.97 Å². The molecule has 57 heavy (non-hydrogen) atoms. The van der Waals surface area contributed by atoms with Gasteiger partial charge in [0.05, 0.1) is 38.4 Å². The highest BCUT2D eigenvalue weighted by atomic mass is 16.6. The van der Waals surface area contributed by atoms with Gasteiger partial charge in [0.15, 0.2) is 6.29 Å². The van der Waals surface area contributed by atoms with E-state index in [-0.39, 0.29) is 48.5 Å². The minimum absolute atomic E-state index is 0.0269. The summed E-state index contributed by atoms with van der Waals surface area (Å²) in [6.07, 6.45) is 22.6. The number of rotatable bonds is 23. The van der Waals surface area contributed by atoms with Crippen molar-refractivity contribution < 1.29 is 38.7 Å². The van der Waals surface area contributed by atoms with Crippen LogP contribution >= 0.6 is 0 Å². The maximum atomic E-state index is 11.9. The molecule has 8 heteroatoms. The Morgan fingerprint density at radius 2 is 1.68 bits per heavy atom. The average molecular weight is 797 g/mol. The molecule has 0 spiro atoms. The van der Waals surface area contributed by atoms with Crippen molar-refractivity contribution in [3.63, 3.8) is 0 Å². The zero-order valence-electron chi connectivity index (χ0n) is 36.7. The Morgan fingerprint density at radius 1 is 0.930 bits per heavy atom. The molecule has 0 aromatic carbocycles. The molecule has 0 aromatic rings. The summed E-state index contributed by atoms with van der Waals surface area (Å²) in [6.45, 7) is 14.9. The number of unbranched alkanes of at least 4 members (excludes halogenated alkanes) is 5. The van der Waals surface area contributed by atoms with Crippen molar-refractivity contribution in [2.24, 2.45) is 52.3 Å². The highest BCUT2D eigenvalue weighted by Crippen LogP contribution is 2.67. The first-order valence-electron chi connectivity index (χ1n) is 23.3. The van der Waals surface area contributed by atoms with Gasteiger partial charge in [-0.2, -0.15) is 0 Å². The van der Waals surface area contributed by atoms with Crippen LogP contribution in [-0.2, 0) is 28.5 Å². The topological polar surface area (TPSA) is 112 Å². The number of hydrogen-bond donors (Lipinski definition) is 2. The number of carbonyl (C=O) groups is 2. The summed E-state index contributed by atoms with van der Waals surface area (Å²) >= 11 is 0. The molecule has 0 aromatic heterocycles. The number of carbonyl (C=O) groups excluding carboxylic acids is 2. The molecular weight excluding hydrogens is 717 g/mol. The van der Waals surface area contributed by atoms with E-state index in [0.717, 1.165) is 99.7 Å². The summed E-state index contributed by atoms with van der Waals surface area (Å²) in [5.74, 6) is 10.5. The number of allylic oxidation sites excluding steroid dienone is 1. The number of aliphatic hydroxyl groups is 2. The van der Waals surface area contributed by atoms with E-state index in [0.29, 0.717) is 31.5 Å². The molecule has 5 rings (SSSR count). The van der Waals surface area contributed by atoms with Gasteiger partial charge in [0.2, 0.25) is 0 Å². The lowest BCUT2D eigenvalue weighted by molar-refractivity contribution is -0.177.